The van der Waals surface area contributed by atoms with E-state index in [1.807, 2.05) is 11.8 Å². The van der Waals surface area contributed by atoms with Gasteiger partial charge in [-0.2, -0.15) is 0 Å². The molecule has 0 aliphatic rings. The first-order valence-electron chi connectivity index (χ1n) is 7.08. The van der Waals surface area contributed by atoms with Crippen LogP contribution in [0.4, 0.5) is 5.69 Å². The highest BCUT2D eigenvalue weighted by molar-refractivity contribution is 7.99. The first-order valence-corrected chi connectivity index (χ1v) is 8.06. The Kier molecular flexibility index (Phi) is 5.13. The quantitative estimate of drug-likeness (QED) is 0.599. The van der Waals surface area contributed by atoms with Gasteiger partial charge < -0.3 is 5.32 Å². The van der Waals surface area contributed by atoms with E-state index in [1.165, 1.54) is 16.1 Å². The maximum atomic E-state index is 3.47. The molecule has 2 aromatic carbocycles. The van der Waals surface area contributed by atoms with Gasteiger partial charge in [0, 0.05) is 22.9 Å². The van der Waals surface area contributed by atoms with Gasteiger partial charge in [-0.15, -0.1) is 11.8 Å². The molecular weight excluding hydrogens is 262 g/mol. The fraction of sp³-hybridized carbons (Fsp3) is 0.333. The Bertz CT molecular complexity index is 511. The maximum Gasteiger partial charge on any atom is 0.0340 e. The SMILES string of the molecule is CC(C)(C)c1ccc(NCCSc2ccccc2)cc1. The maximum absolute atomic E-state index is 3.47. The topological polar surface area (TPSA) is 12.0 Å². The molecule has 0 aromatic heterocycles. The molecule has 0 spiro atoms. The number of nitrogens with one attached hydrogen (secondary N) is 1. The first-order chi connectivity index (χ1) is 9.55. The third-order valence-electron chi connectivity index (χ3n) is 3.19. The number of benzene rings is 2. The average Bonchev–Trinajstić information content (AvgIpc) is 2.44. The molecule has 2 aromatic rings. The molecule has 0 saturated carbocycles. The lowest BCUT2D eigenvalue weighted by Crippen LogP contribution is -2.11. The zero-order valence-electron chi connectivity index (χ0n) is 12.5. The summed E-state index contributed by atoms with van der Waals surface area (Å²) in [5.74, 6) is 1.07. The van der Waals surface area contributed by atoms with E-state index in [0.29, 0.717) is 0 Å². The fourth-order valence-corrected chi connectivity index (χ4v) is 2.76. The van der Waals surface area contributed by atoms with Crippen molar-refractivity contribution in [2.75, 3.05) is 17.6 Å². The van der Waals surface area contributed by atoms with Crippen LogP contribution >= 0.6 is 11.8 Å². The third-order valence-corrected chi connectivity index (χ3v) is 4.21. The van der Waals surface area contributed by atoms with Gasteiger partial charge in [-0.1, -0.05) is 51.1 Å². The summed E-state index contributed by atoms with van der Waals surface area (Å²) in [5.41, 5.74) is 2.80. The van der Waals surface area contributed by atoms with Crippen molar-refractivity contribution in [2.24, 2.45) is 0 Å². The highest BCUT2D eigenvalue weighted by Crippen LogP contribution is 2.23. The predicted octanol–water partition coefficient (Wildman–Crippen LogP) is 5.19. The molecule has 2 heteroatoms. The molecule has 1 nitrogen and oxygen atoms in total. The van der Waals surface area contributed by atoms with Crippen molar-refractivity contribution < 1.29 is 0 Å². The summed E-state index contributed by atoms with van der Waals surface area (Å²) in [7, 11) is 0. The molecule has 0 atom stereocenters. The Morgan fingerprint density at radius 3 is 2.15 bits per heavy atom. The van der Waals surface area contributed by atoms with Crippen LogP contribution in [0.1, 0.15) is 26.3 Å². The van der Waals surface area contributed by atoms with E-state index in [0.717, 1.165) is 12.3 Å². The molecule has 0 fully saturated rings. The van der Waals surface area contributed by atoms with E-state index in [2.05, 4.69) is 80.7 Å². The van der Waals surface area contributed by atoms with Gasteiger partial charge in [0.1, 0.15) is 0 Å². The van der Waals surface area contributed by atoms with E-state index in [9.17, 15) is 0 Å². The van der Waals surface area contributed by atoms with Gasteiger partial charge in [-0.05, 0) is 35.2 Å². The van der Waals surface area contributed by atoms with Crippen molar-refractivity contribution in [2.45, 2.75) is 31.1 Å². The number of thioether (sulfide) groups is 1. The van der Waals surface area contributed by atoms with Crippen molar-refractivity contribution in [1.29, 1.82) is 0 Å². The third kappa shape index (κ3) is 4.61. The fourth-order valence-electron chi connectivity index (χ4n) is 1.97. The van der Waals surface area contributed by atoms with E-state index < -0.39 is 0 Å². The van der Waals surface area contributed by atoms with Crippen LogP contribution in [0, 0.1) is 0 Å². The van der Waals surface area contributed by atoms with Gasteiger partial charge in [-0.3, -0.25) is 0 Å². The smallest absolute Gasteiger partial charge is 0.0340 e. The molecular formula is C18H23NS. The standard InChI is InChI=1S/C18H23NS/c1-18(2,3)15-9-11-16(12-10-15)19-13-14-20-17-7-5-4-6-8-17/h4-12,19H,13-14H2,1-3H3. The molecule has 0 aliphatic heterocycles. The van der Waals surface area contributed by atoms with Crippen molar-refractivity contribution >= 4 is 17.4 Å². The van der Waals surface area contributed by atoms with Crippen LogP contribution in [-0.2, 0) is 5.41 Å². The Labute approximate surface area is 126 Å². The van der Waals surface area contributed by atoms with E-state index in [1.54, 1.807) is 0 Å². The summed E-state index contributed by atoms with van der Waals surface area (Å²) >= 11 is 1.88. The minimum absolute atomic E-state index is 0.224. The van der Waals surface area contributed by atoms with Crippen LogP contribution in [0.3, 0.4) is 0 Å². The molecule has 2 rings (SSSR count). The number of rotatable bonds is 5. The second kappa shape index (κ2) is 6.85. The second-order valence-corrected chi connectivity index (χ2v) is 7.08. The summed E-state index contributed by atoms with van der Waals surface area (Å²) in [6, 6.07) is 19.3. The molecule has 0 amide bonds. The van der Waals surface area contributed by atoms with E-state index in [-0.39, 0.29) is 5.41 Å². The van der Waals surface area contributed by atoms with Crippen molar-refractivity contribution in [3.05, 3.63) is 60.2 Å². The zero-order chi connectivity index (χ0) is 14.4. The molecule has 0 aliphatic carbocycles. The Balaban J connectivity index is 1.77. The van der Waals surface area contributed by atoms with E-state index in [4.69, 9.17) is 0 Å². The van der Waals surface area contributed by atoms with Crippen molar-refractivity contribution in [3.8, 4) is 0 Å². The summed E-state index contributed by atoms with van der Waals surface area (Å²) in [4.78, 5) is 1.33. The van der Waals surface area contributed by atoms with Gasteiger partial charge in [0.05, 0.1) is 0 Å². The van der Waals surface area contributed by atoms with Crippen LogP contribution in [0.5, 0.6) is 0 Å². The van der Waals surface area contributed by atoms with Crippen LogP contribution < -0.4 is 5.32 Å². The highest BCUT2D eigenvalue weighted by atomic mass is 32.2. The second-order valence-electron chi connectivity index (χ2n) is 5.92. The van der Waals surface area contributed by atoms with Crippen LogP contribution in [0.2, 0.25) is 0 Å². The molecule has 106 valence electrons. The van der Waals surface area contributed by atoms with Crippen LogP contribution in [0.25, 0.3) is 0 Å². The minimum Gasteiger partial charge on any atom is -0.384 e. The van der Waals surface area contributed by atoms with Crippen LogP contribution in [0.15, 0.2) is 59.5 Å². The molecule has 0 bridgehead atoms. The average molecular weight is 285 g/mol. The van der Waals surface area contributed by atoms with Crippen molar-refractivity contribution in [3.63, 3.8) is 0 Å². The summed E-state index contributed by atoms with van der Waals surface area (Å²) in [6.07, 6.45) is 0. The normalized spacial score (nSPS) is 11.3. The highest BCUT2D eigenvalue weighted by Gasteiger charge is 2.12. The minimum atomic E-state index is 0.224. The Hall–Kier alpha value is -1.41. The molecule has 0 radical (unpaired) electrons. The summed E-state index contributed by atoms with van der Waals surface area (Å²) in [5, 5.41) is 3.47. The van der Waals surface area contributed by atoms with Crippen LogP contribution in [-0.4, -0.2) is 12.3 Å². The Morgan fingerprint density at radius 2 is 1.55 bits per heavy atom. The largest absolute Gasteiger partial charge is 0.384 e. The number of hydrogen-bond acceptors (Lipinski definition) is 2. The Morgan fingerprint density at radius 1 is 0.900 bits per heavy atom. The number of anilines is 1. The van der Waals surface area contributed by atoms with Gasteiger partial charge in [0.25, 0.3) is 0 Å². The molecule has 0 heterocycles. The van der Waals surface area contributed by atoms with Gasteiger partial charge in [0.2, 0.25) is 0 Å². The molecule has 1 N–H and O–H groups in total. The lowest BCUT2D eigenvalue weighted by Gasteiger charge is -2.19. The van der Waals surface area contributed by atoms with Crippen molar-refractivity contribution in [1.82, 2.24) is 0 Å². The molecule has 20 heavy (non-hydrogen) atoms. The van der Waals surface area contributed by atoms with E-state index >= 15 is 0 Å². The number of hydrogen-bond donors (Lipinski definition) is 1. The molecule has 0 saturated heterocycles. The first kappa shape index (κ1) is 15.0. The monoisotopic (exact) mass is 285 g/mol. The van der Waals surface area contributed by atoms with Gasteiger partial charge in [0.15, 0.2) is 0 Å². The lowest BCUT2D eigenvalue weighted by atomic mass is 9.87. The zero-order valence-corrected chi connectivity index (χ0v) is 13.3. The van der Waals surface area contributed by atoms with Gasteiger partial charge >= 0.3 is 0 Å². The summed E-state index contributed by atoms with van der Waals surface area (Å²) in [6.45, 7) is 7.71. The predicted molar refractivity (Wildman–Crippen MR) is 90.8 cm³/mol. The van der Waals surface area contributed by atoms with Gasteiger partial charge in [-0.25, -0.2) is 0 Å². The lowest BCUT2D eigenvalue weighted by molar-refractivity contribution is 0.590. The summed E-state index contributed by atoms with van der Waals surface area (Å²) < 4.78 is 0. The molecule has 0 unspecified atom stereocenters.